The molecule has 2 aliphatic carbocycles. The van der Waals surface area contributed by atoms with E-state index in [0.717, 1.165) is 39.3 Å². The number of halogens is 4. The van der Waals surface area contributed by atoms with E-state index in [0.29, 0.717) is 32.3 Å². The van der Waals surface area contributed by atoms with Crippen LogP contribution < -0.4 is 5.73 Å². The highest BCUT2D eigenvalue weighted by molar-refractivity contribution is 7.94. The molecule has 2 aliphatic heterocycles. The average Bonchev–Trinajstić information content (AvgIpc) is 3.69. The van der Waals surface area contributed by atoms with Gasteiger partial charge in [0.25, 0.3) is 0 Å². The first-order valence-electron chi connectivity index (χ1n) is 13.6. The Morgan fingerprint density at radius 2 is 1.95 bits per heavy atom. The number of rotatable bonds is 7. The molecule has 2 aromatic rings. The molecular formula is C28H31F4N5O3S. The van der Waals surface area contributed by atoms with E-state index >= 15 is 0 Å². The molecule has 1 aromatic carbocycles. The molecule has 2 fully saturated rings. The van der Waals surface area contributed by atoms with Gasteiger partial charge in [-0.2, -0.15) is 22.6 Å². The fourth-order valence-corrected chi connectivity index (χ4v) is 8.33. The van der Waals surface area contributed by atoms with Gasteiger partial charge in [-0.1, -0.05) is 12.5 Å². The highest BCUT2D eigenvalue weighted by Crippen LogP contribution is 2.53. The number of hydrogen-bond donors (Lipinski definition) is 1. The predicted molar refractivity (Wildman–Crippen MR) is 145 cm³/mol. The summed E-state index contributed by atoms with van der Waals surface area (Å²) in [5.74, 6) is -0.500. The Hall–Kier alpha value is -2.87. The smallest absolute Gasteiger partial charge is 0.377 e. The number of aliphatic imine (C=N–C) groups is 1. The first-order chi connectivity index (χ1) is 19.4. The molecule has 220 valence electrons. The van der Waals surface area contributed by atoms with Crippen LogP contribution in [0, 0.1) is 17.2 Å². The average molecular weight is 594 g/mol. The molecule has 1 saturated heterocycles. The Bertz CT molecular complexity index is 1540. The Kier molecular flexibility index (Phi) is 6.99. The van der Waals surface area contributed by atoms with Crippen LogP contribution in [0.25, 0.3) is 11.8 Å². The van der Waals surface area contributed by atoms with Crippen molar-refractivity contribution in [2.75, 3.05) is 19.7 Å². The summed E-state index contributed by atoms with van der Waals surface area (Å²) >= 11 is 0. The van der Waals surface area contributed by atoms with E-state index in [-0.39, 0.29) is 24.8 Å². The summed E-state index contributed by atoms with van der Waals surface area (Å²) in [4.78, 5) is 2.50. The topological polar surface area (TPSA) is 103 Å². The van der Waals surface area contributed by atoms with E-state index in [9.17, 15) is 26.0 Å². The van der Waals surface area contributed by atoms with E-state index in [4.69, 9.17) is 10.5 Å². The van der Waals surface area contributed by atoms with Gasteiger partial charge in [0, 0.05) is 19.7 Å². The third-order valence-corrected chi connectivity index (χ3v) is 10.7. The van der Waals surface area contributed by atoms with E-state index in [2.05, 4.69) is 23.1 Å². The molecule has 2 N–H and O–H groups in total. The van der Waals surface area contributed by atoms with Gasteiger partial charge in [0.1, 0.15) is 16.9 Å². The van der Waals surface area contributed by atoms with E-state index in [1.54, 1.807) is 23.0 Å². The summed E-state index contributed by atoms with van der Waals surface area (Å²) in [7, 11) is -4.58. The Morgan fingerprint density at radius 1 is 1.20 bits per heavy atom. The number of aromatic nitrogens is 2. The van der Waals surface area contributed by atoms with Crippen molar-refractivity contribution in [1.82, 2.24) is 14.1 Å². The lowest BCUT2D eigenvalue weighted by Crippen LogP contribution is -2.45. The number of nitrogens with zero attached hydrogens (tertiary/aromatic N) is 4. The standard InChI is InChI=1S/C28H31F4N5O3S/c1-27-13-17-14-34-37(21-8-6-20(29)7-9-21)23(17)11-18(27)4-5-19(27)15-36(16-22-3-2-10-40-22)41(38,39)24-12-25(33)35-26(24)28(30,31)32/h6-9,11-12,14,19,22,25H,2-5,10,13,15-16,33H2,1H3/t19-,22?,25?,27+/m1/s1. The van der Waals surface area contributed by atoms with Crippen LogP contribution in [0.2, 0.25) is 0 Å². The highest BCUT2D eigenvalue weighted by atomic mass is 32.2. The Balaban J connectivity index is 1.31. The lowest BCUT2D eigenvalue weighted by Gasteiger charge is -2.38. The van der Waals surface area contributed by atoms with Gasteiger partial charge < -0.3 is 10.5 Å². The van der Waals surface area contributed by atoms with E-state index < -0.39 is 44.5 Å². The van der Waals surface area contributed by atoms with Gasteiger partial charge >= 0.3 is 6.18 Å². The number of ether oxygens (including phenoxy) is 1. The van der Waals surface area contributed by atoms with Gasteiger partial charge in [-0.3, -0.25) is 4.99 Å². The van der Waals surface area contributed by atoms with Crippen LogP contribution in [0.3, 0.4) is 0 Å². The van der Waals surface area contributed by atoms with Crippen molar-refractivity contribution in [2.24, 2.45) is 22.1 Å². The number of fused-ring (bicyclic) bond motifs is 2. The molecule has 0 radical (unpaired) electrons. The minimum absolute atomic E-state index is 0.0369. The first-order valence-corrected chi connectivity index (χ1v) is 15.1. The van der Waals surface area contributed by atoms with Crippen molar-refractivity contribution in [3.8, 4) is 5.69 Å². The van der Waals surface area contributed by atoms with Crippen LogP contribution in [0.1, 0.15) is 43.9 Å². The zero-order chi connectivity index (χ0) is 29.2. The van der Waals surface area contributed by atoms with Crippen LogP contribution >= 0.6 is 0 Å². The predicted octanol–water partition coefficient (Wildman–Crippen LogP) is 4.36. The summed E-state index contributed by atoms with van der Waals surface area (Å²) in [5.41, 5.74) is 7.47. The van der Waals surface area contributed by atoms with Gasteiger partial charge in [-0.05, 0) is 85.4 Å². The summed E-state index contributed by atoms with van der Waals surface area (Å²) in [6.07, 6.45) is 1.35. The van der Waals surface area contributed by atoms with Crippen molar-refractivity contribution < 1.29 is 30.7 Å². The number of sulfonamides is 1. The second kappa shape index (κ2) is 10.1. The van der Waals surface area contributed by atoms with Crippen molar-refractivity contribution in [3.63, 3.8) is 0 Å². The van der Waals surface area contributed by atoms with Crippen molar-refractivity contribution in [2.45, 2.75) is 57.5 Å². The van der Waals surface area contributed by atoms with Crippen LogP contribution in [0.15, 0.2) is 52.0 Å². The van der Waals surface area contributed by atoms with Crippen LogP contribution in [0.5, 0.6) is 0 Å². The maximum atomic E-state index is 13.9. The summed E-state index contributed by atoms with van der Waals surface area (Å²) < 4.78 is 91.2. The summed E-state index contributed by atoms with van der Waals surface area (Å²) in [6.45, 7) is 2.56. The molecular weight excluding hydrogens is 562 g/mol. The quantitative estimate of drug-likeness (QED) is 0.481. The maximum Gasteiger partial charge on any atom is 0.434 e. The molecule has 0 amide bonds. The first kappa shape index (κ1) is 28.3. The zero-order valence-electron chi connectivity index (χ0n) is 22.4. The highest BCUT2D eigenvalue weighted by Gasteiger charge is 2.50. The molecule has 6 rings (SSSR count). The molecule has 8 nitrogen and oxygen atoms in total. The molecule has 0 spiro atoms. The summed E-state index contributed by atoms with van der Waals surface area (Å²) in [6, 6.07) is 6.06. The summed E-state index contributed by atoms with van der Waals surface area (Å²) in [5, 5.41) is 4.53. The third kappa shape index (κ3) is 5.06. The number of allylic oxidation sites excluding steroid dienone is 2. The second-order valence-corrected chi connectivity index (χ2v) is 13.3. The van der Waals surface area contributed by atoms with Gasteiger partial charge in [0.15, 0.2) is 5.71 Å². The molecule has 1 aromatic heterocycles. The van der Waals surface area contributed by atoms with E-state index in [1.807, 2.05) is 0 Å². The monoisotopic (exact) mass is 593 g/mol. The number of benzene rings is 1. The Morgan fingerprint density at radius 3 is 2.63 bits per heavy atom. The van der Waals surface area contributed by atoms with Gasteiger partial charge in [-0.15, -0.1) is 0 Å². The van der Waals surface area contributed by atoms with Crippen LogP contribution in [-0.2, 0) is 21.2 Å². The van der Waals surface area contributed by atoms with Gasteiger partial charge in [0.2, 0.25) is 10.0 Å². The van der Waals surface area contributed by atoms with Crippen LogP contribution in [0.4, 0.5) is 17.6 Å². The van der Waals surface area contributed by atoms with Crippen LogP contribution in [-0.4, -0.2) is 66.4 Å². The minimum atomic E-state index is -4.96. The maximum absolute atomic E-state index is 13.9. The van der Waals surface area contributed by atoms with Crippen molar-refractivity contribution in [3.05, 3.63) is 64.1 Å². The minimum Gasteiger partial charge on any atom is -0.377 e. The van der Waals surface area contributed by atoms with E-state index in [1.165, 1.54) is 12.1 Å². The molecule has 13 heteroatoms. The molecule has 4 atom stereocenters. The lowest BCUT2D eigenvalue weighted by atomic mass is 9.70. The lowest BCUT2D eigenvalue weighted by molar-refractivity contribution is -0.0579. The number of hydrogen-bond acceptors (Lipinski definition) is 6. The number of nitrogens with two attached hydrogens (primary N) is 1. The largest absolute Gasteiger partial charge is 0.434 e. The molecule has 1 saturated carbocycles. The Labute approximate surface area is 235 Å². The molecule has 41 heavy (non-hydrogen) atoms. The van der Waals surface area contributed by atoms with Crippen molar-refractivity contribution in [1.29, 1.82) is 0 Å². The molecule has 4 aliphatic rings. The fourth-order valence-electron chi connectivity index (χ4n) is 6.59. The zero-order valence-corrected chi connectivity index (χ0v) is 23.3. The second-order valence-electron chi connectivity index (χ2n) is 11.4. The molecule has 2 unspecified atom stereocenters. The molecule has 0 bridgehead atoms. The van der Waals surface area contributed by atoms with Gasteiger partial charge in [0.05, 0.1) is 23.7 Å². The third-order valence-electron chi connectivity index (χ3n) is 8.80. The SMILES string of the molecule is C[C@]12Cc3cnn(-c4ccc(F)cc4)c3C=C1CC[C@@H]2CN(CC1CCCO1)S(=O)(=O)C1=CC(N)N=C1C(F)(F)F. The van der Waals surface area contributed by atoms with Gasteiger partial charge in [-0.25, -0.2) is 17.5 Å². The number of alkyl halides is 3. The molecule has 3 heterocycles. The normalized spacial score (nSPS) is 28.0. The fraction of sp³-hybridized carbons (Fsp3) is 0.500. The van der Waals surface area contributed by atoms with Crippen molar-refractivity contribution >= 4 is 21.8 Å².